The lowest BCUT2D eigenvalue weighted by molar-refractivity contribution is 1.43. The Labute approximate surface area is 260 Å². The van der Waals surface area contributed by atoms with Crippen LogP contribution in [0.15, 0.2) is 152 Å². The fraction of sp³-hybridized carbons (Fsp3) is 0.0698. The Balaban J connectivity index is 1.42. The van der Waals surface area contributed by atoms with Crippen LogP contribution in [0.25, 0.3) is 76.5 Å². The molecule has 0 atom stereocenters. The molecule has 0 radical (unpaired) electrons. The number of benzene rings is 8. The van der Waals surface area contributed by atoms with E-state index in [1.54, 1.807) is 0 Å². The molecule has 0 aliphatic carbocycles. The van der Waals surface area contributed by atoms with Gasteiger partial charge in [0.25, 0.3) is 0 Å². The van der Waals surface area contributed by atoms with Gasteiger partial charge in [0.15, 0.2) is 0 Å². The molecule has 0 aromatic heterocycles. The first-order chi connectivity index (χ1) is 21.7. The van der Waals surface area contributed by atoms with Gasteiger partial charge in [-0.1, -0.05) is 140 Å². The van der Waals surface area contributed by atoms with E-state index < -0.39 is 8.80 Å². The molecule has 0 nitrogen and oxygen atoms in total. The largest absolute Gasteiger partial charge is 0.348 e. The average Bonchev–Trinajstić information content (AvgIpc) is 3.10. The van der Waals surface area contributed by atoms with Crippen LogP contribution in [-0.2, 0) is 0 Å². The highest BCUT2D eigenvalue weighted by Crippen LogP contribution is 2.46. The lowest BCUT2D eigenvalue weighted by Gasteiger charge is -2.20. The summed E-state index contributed by atoms with van der Waals surface area (Å²) in [6.07, 6.45) is 0. The van der Waals surface area contributed by atoms with Gasteiger partial charge in [-0.15, -0.1) is 0 Å². The van der Waals surface area contributed by atoms with Crippen LogP contribution in [0.1, 0.15) is 6.92 Å². The zero-order chi connectivity index (χ0) is 29.6. The molecule has 0 heterocycles. The van der Waals surface area contributed by atoms with Crippen LogP contribution in [0.4, 0.5) is 0 Å². The Morgan fingerprint density at radius 3 is 1.45 bits per heavy atom. The molecule has 8 rings (SSSR count). The molecular formula is C43H33Si+. The molecule has 0 aliphatic heterocycles. The Morgan fingerprint density at radius 1 is 0.386 bits per heavy atom. The smallest absolute Gasteiger partial charge is 0.0616 e. The summed E-state index contributed by atoms with van der Waals surface area (Å²) in [7, 11) is -0.487. The van der Waals surface area contributed by atoms with E-state index in [1.807, 2.05) is 0 Å². The van der Waals surface area contributed by atoms with Crippen LogP contribution >= 0.6 is 0 Å². The SMILES string of the molecule is CC[Si+](C)c1ccc(-c2c3ccccc3c(-c3ccc(-c4cccc5ccccc45)c4ccccc34)c3ccccc23)cc1. The fourth-order valence-corrected chi connectivity index (χ4v) is 8.21. The third-order valence-corrected chi connectivity index (χ3v) is 11.8. The van der Waals surface area contributed by atoms with Crippen molar-refractivity contribution in [2.75, 3.05) is 0 Å². The first-order valence-corrected chi connectivity index (χ1v) is 17.8. The molecule has 0 N–H and O–H groups in total. The summed E-state index contributed by atoms with van der Waals surface area (Å²) in [4.78, 5) is 0. The van der Waals surface area contributed by atoms with Crippen LogP contribution < -0.4 is 5.19 Å². The van der Waals surface area contributed by atoms with E-state index >= 15 is 0 Å². The zero-order valence-corrected chi connectivity index (χ0v) is 26.1. The molecule has 0 bridgehead atoms. The Morgan fingerprint density at radius 2 is 0.841 bits per heavy atom. The van der Waals surface area contributed by atoms with E-state index in [0.717, 1.165) is 0 Å². The summed E-state index contributed by atoms with van der Waals surface area (Å²) in [5.41, 5.74) is 7.75. The van der Waals surface area contributed by atoms with Gasteiger partial charge in [-0.05, 0) is 95.5 Å². The minimum absolute atomic E-state index is 0.487. The second kappa shape index (κ2) is 10.9. The number of rotatable bonds is 5. The zero-order valence-electron chi connectivity index (χ0n) is 25.1. The van der Waals surface area contributed by atoms with Gasteiger partial charge in [-0.3, -0.25) is 0 Å². The van der Waals surface area contributed by atoms with Crippen molar-refractivity contribution < 1.29 is 0 Å². The van der Waals surface area contributed by atoms with Crippen LogP contribution in [0.3, 0.4) is 0 Å². The summed E-state index contributed by atoms with van der Waals surface area (Å²) < 4.78 is 0. The van der Waals surface area contributed by atoms with E-state index in [4.69, 9.17) is 0 Å². The fourth-order valence-electron chi connectivity index (χ4n) is 7.07. The summed E-state index contributed by atoms with van der Waals surface area (Å²) in [5.74, 6) is 0. The number of fused-ring (bicyclic) bond motifs is 4. The van der Waals surface area contributed by atoms with Gasteiger partial charge in [0.05, 0.1) is 17.8 Å². The van der Waals surface area contributed by atoms with Crippen LogP contribution in [0.2, 0.25) is 12.6 Å². The number of hydrogen-bond acceptors (Lipinski definition) is 0. The van der Waals surface area contributed by atoms with Gasteiger partial charge in [0.2, 0.25) is 0 Å². The topological polar surface area (TPSA) is 0 Å². The lowest BCUT2D eigenvalue weighted by Crippen LogP contribution is -2.24. The number of hydrogen-bond donors (Lipinski definition) is 0. The Bertz CT molecular complexity index is 2270. The predicted octanol–water partition coefficient (Wildman–Crippen LogP) is 11.7. The molecule has 0 amide bonds. The van der Waals surface area contributed by atoms with E-state index in [1.165, 1.54) is 87.7 Å². The normalized spacial score (nSPS) is 11.5. The summed E-state index contributed by atoms with van der Waals surface area (Å²) in [5, 5.41) is 11.8. The standard InChI is InChI=1S/C43H33Si/c1-3-44(2)31-25-23-30(24-26-31)42-37-18-8-10-20-39(37)43(40-21-11-9-19-38(40)42)41-28-27-36(34-16-6-7-17-35(34)41)33-22-12-14-29-13-4-5-15-32(29)33/h4-28H,3H2,1-2H3/q+1. The third-order valence-electron chi connectivity index (χ3n) is 9.40. The quantitative estimate of drug-likeness (QED) is 0.141. The van der Waals surface area contributed by atoms with Crippen molar-refractivity contribution in [2.24, 2.45) is 0 Å². The van der Waals surface area contributed by atoms with Crippen molar-refractivity contribution in [2.45, 2.75) is 19.5 Å². The van der Waals surface area contributed by atoms with E-state index in [9.17, 15) is 0 Å². The van der Waals surface area contributed by atoms with Gasteiger partial charge in [0.1, 0.15) is 0 Å². The second-order valence-corrected chi connectivity index (χ2v) is 14.6. The molecule has 44 heavy (non-hydrogen) atoms. The molecule has 1 heteroatoms. The van der Waals surface area contributed by atoms with Crippen molar-refractivity contribution in [3.05, 3.63) is 152 Å². The molecule has 8 aromatic carbocycles. The first-order valence-electron chi connectivity index (χ1n) is 15.6. The maximum absolute atomic E-state index is 2.41. The van der Waals surface area contributed by atoms with E-state index in [-0.39, 0.29) is 0 Å². The van der Waals surface area contributed by atoms with Crippen LogP contribution in [0, 0.1) is 0 Å². The maximum atomic E-state index is 2.41. The molecule has 8 aromatic rings. The highest BCUT2D eigenvalue weighted by Gasteiger charge is 2.22. The minimum atomic E-state index is -0.487. The molecule has 0 saturated carbocycles. The van der Waals surface area contributed by atoms with E-state index in [2.05, 4.69) is 165 Å². The van der Waals surface area contributed by atoms with Gasteiger partial charge >= 0.3 is 8.80 Å². The molecule has 0 spiro atoms. The molecule has 0 fully saturated rings. The van der Waals surface area contributed by atoms with Crippen LogP contribution in [0.5, 0.6) is 0 Å². The average molecular weight is 578 g/mol. The van der Waals surface area contributed by atoms with Crippen molar-refractivity contribution in [1.29, 1.82) is 0 Å². The highest BCUT2D eigenvalue weighted by atomic mass is 28.3. The molecule has 0 unspecified atom stereocenters. The van der Waals surface area contributed by atoms with Gasteiger partial charge in [0, 0.05) is 0 Å². The van der Waals surface area contributed by atoms with Gasteiger partial charge < -0.3 is 0 Å². The first kappa shape index (κ1) is 26.6. The highest BCUT2D eigenvalue weighted by molar-refractivity contribution is 6.71. The van der Waals surface area contributed by atoms with Gasteiger partial charge in [-0.2, -0.15) is 0 Å². The van der Waals surface area contributed by atoms with Gasteiger partial charge in [-0.25, -0.2) is 0 Å². The van der Waals surface area contributed by atoms with E-state index in [0.29, 0.717) is 0 Å². The lowest BCUT2D eigenvalue weighted by atomic mass is 9.83. The van der Waals surface area contributed by atoms with Crippen LogP contribution in [-0.4, -0.2) is 8.80 Å². The summed E-state index contributed by atoms with van der Waals surface area (Å²) >= 11 is 0. The van der Waals surface area contributed by atoms with Crippen molar-refractivity contribution in [3.8, 4) is 33.4 Å². The van der Waals surface area contributed by atoms with Crippen molar-refractivity contribution in [1.82, 2.24) is 0 Å². The minimum Gasteiger partial charge on any atom is -0.0616 e. The second-order valence-electron chi connectivity index (χ2n) is 11.8. The third kappa shape index (κ3) is 4.27. The summed E-state index contributed by atoms with van der Waals surface area (Å²) in [6, 6.07) is 57.6. The van der Waals surface area contributed by atoms with Crippen molar-refractivity contribution in [3.63, 3.8) is 0 Å². The molecule has 0 aliphatic rings. The Kier molecular flexibility index (Phi) is 6.62. The van der Waals surface area contributed by atoms with Crippen molar-refractivity contribution >= 4 is 57.1 Å². The maximum Gasteiger partial charge on any atom is 0.348 e. The molecule has 208 valence electrons. The monoisotopic (exact) mass is 577 g/mol. The molecule has 0 saturated heterocycles. The predicted molar refractivity (Wildman–Crippen MR) is 195 cm³/mol. The summed E-state index contributed by atoms with van der Waals surface area (Å²) in [6.45, 7) is 4.72. The molecular weight excluding hydrogens is 545 g/mol. The Hall–Kier alpha value is -4.98.